The van der Waals surface area contributed by atoms with Crippen LogP contribution >= 0.6 is 0 Å². The first-order valence-corrected chi connectivity index (χ1v) is 15.0. The highest BCUT2D eigenvalue weighted by Gasteiger charge is 2.47. The van der Waals surface area contributed by atoms with Gasteiger partial charge < -0.3 is 50.0 Å². The van der Waals surface area contributed by atoms with Gasteiger partial charge in [-0.1, -0.05) is 0 Å². The minimum absolute atomic E-state index is 0.00234. The van der Waals surface area contributed by atoms with Crippen LogP contribution in [0.25, 0.3) is 43.6 Å². The van der Waals surface area contributed by atoms with Crippen LogP contribution in [0.4, 0.5) is 0 Å². The van der Waals surface area contributed by atoms with Gasteiger partial charge in [0.25, 0.3) is 11.8 Å². The van der Waals surface area contributed by atoms with Gasteiger partial charge in [0.1, 0.15) is 42.5 Å². The molecule has 246 valence electrons. The molecule has 8 N–H and O–H groups in total. The molecule has 8 rings (SSSR count). The van der Waals surface area contributed by atoms with E-state index in [9.17, 15) is 45.3 Å². The zero-order chi connectivity index (χ0) is 33.6. The number of carbonyl (C=O) groups excluding carboxylic acids is 2. The van der Waals surface area contributed by atoms with Crippen LogP contribution in [0.15, 0.2) is 54.9 Å². The number of aromatic nitrogens is 3. The van der Waals surface area contributed by atoms with Crippen LogP contribution < -0.4 is 0 Å². The van der Waals surface area contributed by atoms with Crippen molar-refractivity contribution >= 4 is 55.4 Å². The summed E-state index contributed by atoms with van der Waals surface area (Å²) in [5.41, 5.74) is 2.03. The van der Waals surface area contributed by atoms with E-state index in [1.807, 2.05) is 0 Å². The van der Waals surface area contributed by atoms with E-state index in [4.69, 9.17) is 9.57 Å². The second kappa shape index (κ2) is 11.0. The molecular weight excluding hydrogens is 628 g/mol. The van der Waals surface area contributed by atoms with Crippen molar-refractivity contribution in [3.8, 4) is 11.5 Å². The SMILES string of the molecule is O=C1c2c(c3c4ccc(O)cc4n([C@@H]4O[C@H](CO)[C@@H](O)[C@H](O)[C@H]4O)c3c3[nH]c4cc(O)ccc4c23)C(=O)N1OCc1ccncc1CO. The Morgan fingerprint density at radius 3 is 2.29 bits per heavy atom. The molecule has 0 saturated carbocycles. The number of benzene rings is 3. The minimum atomic E-state index is -1.75. The number of aromatic amines is 1. The third-order valence-corrected chi connectivity index (χ3v) is 9.20. The van der Waals surface area contributed by atoms with E-state index in [0.717, 1.165) is 0 Å². The van der Waals surface area contributed by atoms with Crippen LogP contribution in [0.1, 0.15) is 38.1 Å². The van der Waals surface area contributed by atoms with E-state index in [-0.39, 0.29) is 63.2 Å². The highest BCUT2D eigenvalue weighted by atomic mass is 16.7. The number of H-pyrrole nitrogens is 1. The number of pyridine rings is 1. The molecule has 15 nitrogen and oxygen atoms in total. The van der Waals surface area contributed by atoms with Gasteiger partial charge in [-0.25, -0.2) is 0 Å². The molecule has 0 bridgehead atoms. The maximum Gasteiger partial charge on any atom is 0.286 e. The number of hydrogen-bond donors (Lipinski definition) is 8. The number of hydroxylamine groups is 2. The summed E-state index contributed by atoms with van der Waals surface area (Å²) in [5, 5.41) is 75.1. The maximum atomic E-state index is 14.3. The van der Waals surface area contributed by atoms with Gasteiger partial charge in [-0.2, -0.15) is 0 Å². The van der Waals surface area contributed by atoms with E-state index in [2.05, 4.69) is 9.97 Å². The van der Waals surface area contributed by atoms with Crippen molar-refractivity contribution in [3.05, 3.63) is 77.1 Å². The fraction of sp³-hybridized carbons (Fsp3) is 0.242. The molecule has 0 unspecified atom stereocenters. The standard InChI is InChI=1S/C33H28N4O11/c38-10-14-9-34-6-5-13(14)12-47-37-31(45)24-22-17-3-1-15(40)7-19(17)35-26(22)27-23(25(24)32(37)46)18-4-2-16(41)8-20(18)36(27)33-30(44)29(43)28(42)21(11-39)48-33/h1-9,21,28-30,33,35,38-44H,10-12H2/t21-,28-,29+,30-,33-/m1/s1. The van der Waals surface area contributed by atoms with Crippen LogP contribution in [0.2, 0.25) is 0 Å². The molecule has 1 fully saturated rings. The first-order valence-electron chi connectivity index (χ1n) is 15.0. The number of carbonyl (C=O) groups is 2. The molecular formula is C33H28N4O11. The Morgan fingerprint density at radius 2 is 1.56 bits per heavy atom. The minimum Gasteiger partial charge on any atom is -0.508 e. The number of aliphatic hydroxyl groups excluding tert-OH is 5. The van der Waals surface area contributed by atoms with E-state index >= 15 is 0 Å². The van der Waals surface area contributed by atoms with Gasteiger partial charge in [0, 0.05) is 51.6 Å². The molecule has 0 spiro atoms. The van der Waals surface area contributed by atoms with E-state index in [1.165, 1.54) is 47.3 Å². The first kappa shape index (κ1) is 30.2. The molecule has 0 radical (unpaired) electrons. The zero-order valence-electron chi connectivity index (χ0n) is 24.8. The first-order chi connectivity index (χ1) is 23.1. The summed E-state index contributed by atoms with van der Waals surface area (Å²) in [5.74, 6) is -1.85. The summed E-state index contributed by atoms with van der Waals surface area (Å²) >= 11 is 0. The highest BCUT2D eigenvalue weighted by molar-refractivity contribution is 6.39. The van der Waals surface area contributed by atoms with Gasteiger partial charge in [-0.05, 0) is 35.9 Å². The average Bonchev–Trinajstić information content (AvgIpc) is 3.69. The number of nitrogens with zero attached hydrogens (tertiary/aromatic N) is 3. The largest absolute Gasteiger partial charge is 0.508 e. The lowest BCUT2D eigenvalue weighted by Crippen LogP contribution is -2.56. The molecule has 2 aliphatic heterocycles. The van der Waals surface area contributed by atoms with Crippen molar-refractivity contribution in [2.24, 2.45) is 0 Å². The molecule has 6 aromatic rings. The summed E-state index contributed by atoms with van der Waals surface area (Å²) in [6, 6.07) is 10.3. The topological polar surface area (TPSA) is 231 Å². The molecule has 1 saturated heterocycles. The highest BCUT2D eigenvalue weighted by Crippen LogP contribution is 2.48. The Labute approximate surface area is 269 Å². The molecule has 2 aliphatic rings. The van der Waals surface area contributed by atoms with Gasteiger partial charge in [0.2, 0.25) is 0 Å². The Hall–Kier alpha value is -5.13. The van der Waals surface area contributed by atoms with Crippen LogP contribution in [-0.2, 0) is 22.8 Å². The van der Waals surface area contributed by atoms with Crippen molar-refractivity contribution in [2.75, 3.05) is 6.61 Å². The molecule has 48 heavy (non-hydrogen) atoms. The van der Waals surface area contributed by atoms with Gasteiger partial charge in [0.15, 0.2) is 6.23 Å². The van der Waals surface area contributed by atoms with Crippen molar-refractivity contribution in [1.82, 2.24) is 19.6 Å². The summed E-state index contributed by atoms with van der Waals surface area (Å²) in [6.45, 7) is -1.30. The molecule has 15 heteroatoms. The van der Waals surface area contributed by atoms with Crippen molar-refractivity contribution in [1.29, 1.82) is 0 Å². The maximum absolute atomic E-state index is 14.3. The lowest BCUT2D eigenvalue weighted by molar-refractivity contribution is -0.249. The number of hydrogen-bond acceptors (Lipinski definition) is 12. The number of fused-ring (bicyclic) bond motifs is 10. The summed E-state index contributed by atoms with van der Waals surface area (Å²) in [6.07, 6.45) is -4.98. The van der Waals surface area contributed by atoms with Gasteiger partial charge in [-0.15, -0.1) is 5.06 Å². The second-order valence-corrected chi connectivity index (χ2v) is 11.9. The lowest BCUT2D eigenvalue weighted by Gasteiger charge is -2.41. The second-order valence-electron chi connectivity index (χ2n) is 11.9. The fourth-order valence-electron chi connectivity index (χ4n) is 6.94. The van der Waals surface area contributed by atoms with Gasteiger partial charge in [-0.3, -0.25) is 19.4 Å². The summed E-state index contributed by atoms with van der Waals surface area (Å²) < 4.78 is 7.42. The predicted octanol–water partition coefficient (Wildman–Crippen LogP) is 1.43. The monoisotopic (exact) mass is 656 g/mol. The number of aromatic hydroxyl groups is 2. The molecule has 5 heterocycles. The quantitative estimate of drug-likeness (QED) is 0.119. The number of ether oxygens (including phenoxy) is 1. The Balaban J connectivity index is 1.44. The third-order valence-electron chi connectivity index (χ3n) is 9.20. The number of phenolic OH excluding ortho intramolecular Hbond substituents is 2. The van der Waals surface area contributed by atoms with Crippen LogP contribution in [0.3, 0.4) is 0 Å². The number of rotatable bonds is 6. The van der Waals surface area contributed by atoms with E-state index < -0.39 is 49.1 Å². The molecule has 3 aromatic carbocycles. The number of imide groups is 1. The fourth-order valence-corrected chi connectivity index (χ4v) is 6.94. The van der Waals surface area contributed by atoms with Crippen LogP contribution in [-0.4, -0.2) is 98.2 Å². The van der Waals surface area contributed by atoms with Crippen molar-refractivity contribution in [3.63, 3.8) is 0 Å². The van der Waals surface area contributed by atoms with Crippen molar-refractivity contribution < 1.29 is 54.9 Å². The Bertz CT molecular complexity index is 2310. The number of nitrogens with one attached hydrogen (secondary N) is 1. The Morgan fingerprint density at radius 1 is 0.854 bits per heavy atom. The van der Waals surface area contributed by atoms with Gasteiger partial charge in [0.05, 0.1) is 46.4 Å². The zero-order valence-corrected chi connectivity index (χ0v) is 24.8. The normalized spacial score (nSPS) is 22.9. The Kier molecular flexibility index (Phi) is 6.90. The van der Waals surface area contributed by atoms with Crippen LogP contribution in [0, 0.1) is 0 Å². The summed E-state index contributed by atoms with van der Waals surface area (Å²) in [7, 11) is 0. The summed E-state index contributed by atoms with van der Waals surface area (Å²) in [4.78, 5) is 41.6. The molecule has 3 aromatic heterocycles. The molecule has 2 amide bonds. The van der Waals surface area contributed by atoms with Crippen LogP contribution in [0.5, 0.6) is 11.5 Å². The van der Waals surface area contributed by atoms with Crippen molar-refractivity contribution in [2.45, 2.75) is 43.9 Å². The van der Waals surface area contributed by atoms with E-state index in [0.29, 0.717) is 32.5 Å². The predicted molar refractivity (Wildman–Crippen MR) is 167 cm³/mol. The third kappa shape index (κ3) is 4.17. The average molecular weight is 657 g/mol. The van der Waals surface area contributed by atoms with E-state index in [1.54, 1.807) is 12.1 Å². The lowest BCUT2D eigenvalue weighted by atomic mass is 9.96. The van der Waals surface area contributed by atoms with Gasteiger partial charge >= 0.3 is 0 Å². The number of aliphatic hydroxyl groups is 5. The smallest absolute Gasteiger partial charge is 0.286 e. The number of amides is 2. The number of phenols is 2. The molecule has 5 atom stereocenters. The molecule has 0 aliphatic carbocycles.